The SMILES string of the molecule is C[C@H](NC(=O)[C@@H](N)C(C)(C)C)c1cccs1. The molecular weight excluding hydrogens is 220 g/mol. The molecule has 1 heterocycles. The molecule has 0 aromatic carbocycles. The zero-order valence-electron chi connectivity index (χ0n) is 10.3. The molecule has 1 amide bonds. The van der Waals surface area contributed by atoms with Gasteiger partial charge in [-0.15, -0.1) is 11.3 Å². The highest BCUT2D eigenvalue weighted by Crippen LogP contribution is 2.21. The summed E-state index contributed by atoms with van der Waals surface area (Å²) >= 11 is 1.64. The second kappa shape index (κ2) is 4.97. The number of thiophene rings is 1. The Hall–Kier alpha value is -0.870. The quantitative estimate of drug-likeness (QED) is 0.851. The van der Waals surface area contributed by atoms with Gasteiger partial charge in [0.05, 0.1) is 12.1 Å². The molecule has 3 N–H and O–H groups in total. The van der Waals surface area contributed by atoms with Crippen molar-refractivity contribution >= 4 is 17.2 Å². The van der Waals surface area contributed by atoms with Gasteiger partial charge >= 0.3 is 0 Å². The molecule has 1 rings (SSSR count). The van der Waals surface area contributed by atoms with Gasteiger partial charge in [-0.3, -0.25) is 4.79 Å². The van der Waals surface area contributed by atoms with Crippen molar-refractivity contribution in [2.75, 3.05) is 0 Å². The summed E-state index contributed by atoms with van der Waals surface area (Å²) in [5.74, 6) is -0.0894. The van der Waals surface area contributed by atoms with Gasteiger partial charge in [0.2, 0.25) is 5.91 Å². The average molecular weight is 240 g/mol. The summed E-state index contributed by atoms with van der Waals surface area (Å²) in [4.78, 5) is 13.0. The number of nitrogens with one attached hydrogen (secondary N) is 1. The molecule has 16 heavy (non-hydrogen) atoms. The van der Waals surface area contributed by atoms with Gasteiger partial charge in [-0.2, -0.15) is 0 Å². The summed E-state index contributed by atoms with van der Waals surface area (Å²) in [5, 5.41) is 4.94. The number of hydrogen-bond acceptors (Lipinski definition) is 3. The van der Waals surface area contributed by atoms with Gasteiger partial charge in [0, 0.05) is 4.88 Å². The molecule has 0 aliphatic carbocycles. The molecule has 0 bridgehead atoms. The van der Waals surface area contributed by atoms with Crippen LogP contribution in [0.2, 0.25) is 0 Å². The minimum atomic E-state index is -0.477. The zero-order valence-corrected chi connectivity index (χ0v) is 11.1. The lowest BCUT2D eigenvalue weighted by Crippen LogP contribution is -2.49. The van der Waals surface area contributed by atoms with Crippen LogP contribution in [-0.4, -0.2) is 11.9 Å². The number of carbonyl (C=O) groups excluding carboxylic acids is 1. The Kier molecular flexibility index (Phi) is 4.10. The Morgan fingerprint density at radius 1 is 1.50 bits per heavy atom. The maximum atomic E-state index is 11.9. The first kappa shape index (κ1) is 13.2. The molecule has 0 saturated heterocycles. The summed E-state index contributed by atoms with van der Waals surface area (Å²) in [7, 11) is 0. The maximum Gasteiger partial charge on any atom is 0.237 e. The number of nitrogens with two attached hydrogens (primary N) is 1. The molecule has 0 aliphatic rings. The minimum Gasteiger partial charge on any atom is -0.347 e. The predicted molar refractivity (Wildman–Crippen MR) is 68.3 cm³/mol. The zero-order chi connectivity index (χ0) is 12.3. The van der Waals surface area contributed by atoms with E-state index in [1.165, 1.54) is 0 Å². The van der Waals surface area contributed by atoms with Crippen molar-refractivity contribution in [3.05, 3.63) is 22.4 Å². The molecule has 0 radical (unpaired) electrons. The third-order valence-electron chi connectivity index (χ3n) is 2.54. The molecule has 90 valence electrons. The number of rotatable bonds is 3. The van der Waals surface area contributed by atoms with E-state index < -0.39 is 6.04 Å². The summed E-state index contributed by atoms with van der Waals surface area (Å²) in [6.07, 6.45) is 0. The van der Waals surface area contributed by atoms with Crippen molar-refractivity contribution in [3.8, 4) is 0 Å². The fourth-order valence-corrected chi connectivity index (χ4v) is 2.04. The third-order valence-corrected chi connectivity index (χ3v) is 3.60. The summed E-state index contributed by atoms with van der Waals surface area (Å²) in [6, 6.07) is 3.54. The number of hydrogen-bond donors (Lipinski definition) is 2. The lowest BCUT2D eigenvalue weighted by atomic mass is 9.87. The van der Waals surface area contributed by atoms with Gasteiger partial charge in [-0.1, -0.05) is 26.8 Å². The Bertz CT molecular complexity index is 340. The lowest BCUT2D eigenvalue weighted by Gasteiger charge is -2.27. The van der Waals surface area contributed by atoms with Crippen LogP contribution in [0.1, 0.15) is 38.6 Å². The van der Waals surface area contributed by atoms with Crippen LogP contribution in [0.4, 0.5) is 0 Å². The van der Waals surface area contributed by atoms with Crippen molar-refractivity contribution in [2.24, 2.45) is 11.1 Å². The molecule has 3 nitrogen and oxygen atoms in total. The van der Waals surface area contributed by atoms with Crippen molar-refractivity contribution in [2.45, 2.75) is 39.8 Å². The van der Waals surface area contributed by atoms with Crippen LogP contribution in [0.25, 0.3) is 0 Å². The fraction of sp³-hybridized carbons (Fsp3) is 0.583. The first-order valence-electron chi connectivity index (χ1n) is 5.41. The third kappa shape index (κ3) is 3.32. The fourth-order valence-electron chi connectivity index (χ4n) is 1.31. The summed E-state index contributed by atoms with van der Waals surface area (Å²) in [5.41, 5.74) is 5.68. The highest BCUT2D eigenvalue weighted by Gasteiger charge is 2.28. The van der Waals surface area contributed by atoms with E-state index in [0.717, 1.165) is 4.88 Å². The van der Waals surface area contributed by atoms with E-state index in [9.17, 15) is 4.79 Å². The van der Waals surface area contributed by atoms with Crippen LogP contribution in [0.15, 0.2) is 17.5 Å². The standard InChI is InChI=1S/C12H20N2OS/c1-8(9-6-5-7-16-9)14-11(15)10(13)12(2,3)4/h5-8,10H,13H2,1-4H3,(H,14,15)/t8-,10+/m0/s1. The van der Waals surface area contributed by atoms with E-state index in [4.69, 9.17) is 5.73 Å². The largest absolute Gasteiger partial charge is 0.347 e. The number of carbonyl (C=O) groups is 1. The molecule has 0 unspecified atom stereocenters. The van der Waals surface area contributed by atoms with Crippen LogP contribution >= 0.6 is 11.3 Å². The Balaban J connectivity index is 2.59. The molecule has 1 aromatic rings. The Labute approximate surface area is 101 Å². The first-order valence-corrected chi connectivity index (χ1v) is 6.29. The van der Waals surface area contributed by atoms with Crippen molar-refractivity contribution in [1.29, 1.82) is 0 Å². The van der Waals surface area contributed by atoms with E-state index in [1.807, 2.05) is 45.2 Å². The van der Waals surface area contributed by atoms with Crippen LogP contribution in [0.3, 0.4) is 0 Å². The molecule has 0 aliphatic heterocycles. The second-order valence-corrected chi connectivity index (χ2v) is 6.07. The highest BCUT2D eigenvalue weighted by molar-refractivity contribution is 7.10. The predicted octanol–water partition coefficient (Wildman–Crippen LogP) is 2.30. The van der Waals surface area contributed by atoms with Gasteiger partial charge in [0.15, 0.2) is 0 Å². The number of amides is 1. The molecular formula is C12H20N2OS. The molecule has 4 heteroatoms. The molecule has 0 spiro atoms. The van der Waals surface area contributed by atoms with Crippen molar-refractivity contribution in [1.82, 2.24) is 5.32 Å². The van der Waals surface area contributed by atoms with Crippen LogP contribution < -0.4 is 11.1 Å². The van der Waals surface area contributed by atoms with E-state index in [1.54, 1.807) is 11.3 Å². The van der Waals surface area contributed by atoms with E-state index in [-0.39, 0.29) is 17.4 Å². The van der Waals surface area contributed by atoms with E-state index >= 15 is 0 Å². The van der Waals surface area contributed by atoms with Gasteiger partial charge in [0.1, 0.15) is 0 Å². The monoisotopic (exact) mass is 240 g/mol. The average Bonchev–Trinajstić information content (AvgIpc) is 2.67. The normalized spacial score (nSPS) is 15.6. The lowest BCUT2D eigenvalue weighted by molar-refractivity contribution is -0.125. The minimum absolute atomic E-state index is 0.0286. The van der Waals surface area contributed by atoms with Crippen LogP contribution in [0, 0.1) is 5.41 Å². The van der Waals surface area contributed by atoms with Gasteiger partial charge < -0.3 is 11.1 Å². The highest BCUT2D eigenvalue weighted by atomic mass is 32.1. The molecule has 0 saturated carbocycles. The van der Waals surface area contributed by atoms with Crippen LogP contribution in [0.5, 0.6) is 0 Å². The summed E-state index contributed by atoms with van der Waals surface area (Å²) in [6.45, 7) is 7.87. The van der Waals surface area contributed by atoms with Gasteiger partial charge in [-0.05, 0) is 23.8 Å². The second-order valence-electron chi connectivity index (χ2n) is 5.09. The van der Waals surface area contributed by atoms with E-state index in [2.05, 4.69) is 5.32 Å². The van der Waals surface area contributed by atoms with E-state index in [0.29, 0.717) is 0 Å². The molecule has 0 fully saturated rings. The van der Waals surface area contributed by atoms with Crippen molar-refractivity contribution in [3.63, 3.8) is 0 Å². The molecule has 1 aromatic heterocycles. The smallest absolute Gasteiger partial charge is 0.237 e. The van der Waals surface area contributed by atoms with Crippen LogP contribution in [-0.2, 0) is 4.79 Å². The topological polar surface area (TPSA) is 55.1 Å². The van der Waals surface area contributed by atoms with Gasteiger partial charge in [-0.25, -0.2) is 0 Å². The summed E-state index contributed by atoms with van der Waals surface area (Å²) < 4.78 is 0. The maximum absolute atomic E-state index is 11.9. The van der Waals surface area contributed by atoms with Crippen molar-refractivity contribution < 1.29 is 4.79 Å². The van der Waals surface area contributed by atoms with Gasteiger partial charge in [0.25, 0.3) is 0 Å². The first-order chi connectivity index (χ1) is 7.32. The molecule has 2 atom stereocenters. The Morgan fingerprint density at radius 2 is 2.12 bits per heavy atom. The Morgan fingerprint density at radius 3 is 2.56 bits per heavy atom.